The number of anilines is 6. The van der Waals surface area contributed by atoms with E-state index in [4.69, 9.17) is 0 Å². The van der Waals surface area contributed by atoms with Crippen LogP contribution in [-0.2, 0) is 10.8 Å². The Balaban J connectivity index is 1.04. The normalized spacial score (nSPS) is 21.3. The Morgan fingerprint density at radius 2 is 0.881 bits per heavy atom. The first-order valence-corrected chi connectivity index (χ1v) is 24.2. The van der Waals surface area contributed by atoms with Gasteiger partial charge in [-0.2, -0.15) is 0 Å². The molecule has 0 saturated heterocycles. The maximum absolute atomic E-state index is 10.3. The van der Waals surface area contributed by atoms with Crippen LogP contribution in [0.3, 0.4) is 0 Å². The lowest BCUT2D eigenvalue weighted by molar-refractivity contribution is 0.420. The Bertz CT molecular complexity index is 3620. The topological polar surface area (TPSA) is 6.48 Å². The van der Waals surface area contributed by atoms with Crippen molar-refractivity contribution in [2.45, 2.75) is 56.3 Å². The van der Waals surface area contributed by atoms with Gasteiger partial charge in [-0.25, -0.2) is 0 Å². The van der Waals surface area contributed by atoms with Crippen molar-refractivity contribution in [1.82, 2.24) is 0 Å². The molecular weight excluding hydrogens is 809 g/mol. The fourth-order valence-corrected chi connectivity index (χ4v) is 13.5. The number of nitrogens with zero attached hydrogens (tertiary/aromatic N) is 2. The molecule has 0 aromatic heterocycles. The highest BCUT2D eigenvalue weighted by Crippen LogP contribution is 2.64. The van der Waals surface area contributed by atoms with Crippen molar-refractivity contribution in [2.75, 3.05) is 9.80 Å². The van der Waals surface area contributed by atoms with Gasteiger partial charge in [-0.3, -0.25) is 0 Å². The maximum atomic E-state index is 10.3. The number of hydrogen-bond acceptors (Lipinski definition) is 2. The minimum absolute atomic E-state index is 0.0392. The molecule has 0 heterocycles. The Morgan fingerprint density at radius 3 is 1.42 bits per heavy atom. The second-order valence-electron chi connectivity index (χ2n) is 20.1. The molecular formula is C65H52N2. The predicted octanol–water partition coefficient (Wildman–Crippen LogP) is 17.2. The highest BCUT2D eigenvalue weighted by Gasteiger charge is 2.52. The molecule has 5 aliphatic rings. The van der Waals surface area contributed by atoms with Crippen LogP contribution in [0.5, 0.6) is 0 Å². The quantitative estimate of drug-likeness (QED) is 0.157. The van der Waals surface area contributed by atoms with E-state index >= 15 is 0 Å². The van der Waals surface area contributed by atoms with Crippen LogP contribution in [0.15, 0.2) is 212 Å². The molecule has 0 aliphatic heterocycles. The molecule has 9 aromatic carbocycles. The summed E-state index contributed by atoms with van der Waals surface area (Å²) in [6.45, 7) is 4.58. The SMILES string of the molecule is [2H]c1c([2H])c(C2CC3CCC2C3)c([2H])c(N(c2ccc3c(c2)C(C)(C)c2ccccc2-3)c2ccc3c(c2)C2(c4ccccc4-c4ccc(N(c5ccccc5)c5ccccc5)cc42)c2ccccc2-3)c1[2H]. The van der Waals surface area contributed by atoms with Crippen molar-refractivity contribution in [3.8, 4) is 33.4 Å². The number of rotatable bonds is 7. The lowest BCUT2D eigenvalue weighted by Gasteiger charge is -2.34. The molecule has 67 heavy (non-hydrogen) atoms. The molecule has 4 atom stereocenters. The largest absolute Gasteiger partial charge is 0.310 e. The molecule has 4 unspecified atom stereocenters. The summed E-state index contributed by atoms with van der Waals surface area (Å²) in [4.78, 5) is 4.46. The summed E-state index contributed by atoms with van der Waals surface area (Å²) >= 11 is 0. The van der Waals surface area contributed by atoms with Crippen molar-refractivity contribution in [3.63, 3.8) is 0 Å². The van der Waals surface area contributed by atoms with Crippen molar-refractivity contribution < 1.29 is 5.48 Å². The van der Waals surface area contributed by atoms with Crippen LogP contribution in [0.2, 0.25) is 0 Å². The van der Waals surface area contributed by atoms with Crippen LogP contribution in [-0.4, -0.2) is 0 Å². The van der Waals surface area contributed by atoms with Gasteiger partial charge >= 0.3 is 0 Å². The van der Waals surface area contributed by atoms with Crippen LogP contribution < -0.4 is 9.80 Å². The molecule has 1 spiro atoms. The smallest absolute Gasteiger partial charge is 0.0727 e. The van der Waals surface area contributed by atoms with E-state index in [1.807, 2.05) is 0 Å². The molecule has 0 radical (unpaired) electrons. The molecule has 5 aliphatic carbocycles. The third-order valence-electron chi connectivity index (χ3n) is 16.4. The van der Waals surface area contributed by atoms with Gasteiger partial charge in [0.1, 0.15) is 0 Å². The number of benzene rings is 9. The summed E-state index contributed by atoms with van der Waals surface area (Å²) in [5.74, 6) is 1.03. The summed E-state index contributed by atoms with van der Waals surface area (Å²) in [6.07, 6.45) is 4.35. The van der Waals surface area contributed by atoms with Gasteiger partial charge in [0.2, 0.25) is 0 Å². The molecule has 0 N–H and O–H groups in total. The fraction of sp³-hybridized carbons (Fsp3) is 0.169. The van der Waals surface area contributed by atoms with Gasteiger partial charge in [0.25, 0.3) is 0 Å². The zero-order chi connectivity index (χ0) is 47.9. The van der Waals surface area contributed by atoms with E-state index in [2.05, 4.69) is 212 Å². The second-order valence-corrected chi connectivity index (χ2v) is 20.1. The van der Waals surface area contributed by atoms with Gasteiger partial charge in [0.15, 0.2) is 0 Å². The van der Waals surface area contributed by atoms with Gasteiger partial charge in [-0.1, -0.05) is 160 Å². The minimum Gasteiger partial charge on any atom is -0.310 e. The van der Waals surface area contributed by atoms with Gasteiger partial charge < -0.3 is 9.80 Å². The van der Waals surface area contributed by atoms with E-state index in [9.17, 15) is 5.48 Å². The maximum Gasteiger partial charge on any atom is 0.0727 e. The standard InChI is InChI=1S/C65H52N2/c1-64(2)58-25-12-9-22-51(58)54-33-30-48(39-61(54)64)67(47-21-15-16-43(38-47)57-37-42-28-29-44(57)36-42)50-32-35-56-53-24-11-14-27-60(53)65(63(56)41-50)59-26-13-10-23-52(59)55-34-31-49(40-62(55)65)66(45-17-5-3-6-18-45)46-19-7-4-8-20-46/h3-27,30-35,38-42,44,57H,28-29,36-37H2,1-2H3/i15D,16D,21D,38D. The minimum atomic E-state index is -0.719. The Hall–Kier alpha value is -7.42. The molecule has 2 nitrogen and oxygen atoms in total. The van der Waals surface area contributed by atoms with Crippen molar-refractivity contribution in [3.05, 3.63) is 251 Å². The van der Waals surface area contributed by atoms with Crippen molar-refractivity contribution in [1.29, 1.82) is 0 Å². The van der Waals surface area contributed by atoms with Gasteiger partial charge in [0.05, 0.1) is 10.9 Å². The third kappa shape index (κ3) is 5.56. The summed E-state index contributed by atoms with van der Waals surface area (Å²) in [5, 5.41) is 0. The molecule has 2 heteroatoms. The first-order valence-electron chi connectivity index (χ1n) is 26.2. The average Bonchev–Trinajstić information content (AvgIpc) is 4.22. The number of para-hydroxylation sites is 2. The van der Waals surface area contributed by atoms with Crippen LogP contribution in [0.4, 0.5) is 34.1 Å². The van der Waals surface area contributed by atoms with E-state index in [0.717, 1.165) is 58.8 Å². The first-order chi connectivity index (χ1) is 34.6. The second kappa shape index (κ2) is 14.5. The first kappa shape index (κ1) is 34.9. The van der Waals surface area contributed by atoms with Gasteiger partial charge in [0, 0.05) is 39.5 Å². The van der Waals surface area contributed by atoms with E-state index in [0.29, 0.717) is 23.1 Å². The summed E-state index contributed by atoms with van der Waals surface area (Å²) < 4.78 is 39.1. The van der Waals surface area contributed by atoms with E-state index in [1.165, 1.54) is 62.1 Å². The molecule has 2 saturated carbocycles. The summed E-state index contributed by atoms with van der Waals surface area (Å²) in [7, 11) is 0. The Morgan fingerprint density at radius 1 is 0.418 bits per heavy atom. The van der Waals surface area contributed by atoms with Crippen molar-refractivity contribution >= 4 is 34.1 Å². The summed E-state index contributed by atoms with van der Waals surface area (Å²) in [6, 6.07) is 68.1. The van der Waals surface area contributed by atoms with E-state index in [-0.39, 0.29) is 35.5 Å². The molecule has 14 rings (SSSR count). The number of hydrogen-bond donors (Lipinski definition) is 0. The van der Waals surface area contributed by atoms with E-state index < -0.39 is 5.41 Å². The van der Waals surface area contributed by atoms with E-state index in [1.54, 1.807) is 0 Å². The van der Waals surface area contributed by atoms with Crippen LogP contribution in [0, 0.1) is 11.8 Å². The van der Waals surface area contributed by atoms with Crippen LogP contribution >= 0.6 is 0 Å². The van der Waals surface area contributed by atoms with Crippen LogP contribution in [0.25, 0.3) is 33.4 Å². The fourth-order valence-electron chi connectivity index (χ4n) is 13.5. The lowest BCUT2D eigenvalue weighted by Crippen LogP contribution is -2.26. The zero-order valence-corrected chi connectivity index (χ0v) is 37.9. The number of fused-ring (bicyclic) bond motifs is 15. The highest BCUT2D eigenvalue weighted by atomic mass is 15.1. The third-order valence-corrected chi connectivity index (χ3v) is 16.4. The molecule has 2 bridgehead atoms. The summed E-state index contributed by atoms with van der Waals surface area (Å²) in [5.41, 5.74) is 19.2. The lowest BCUT2D eigenvalue weighted by atomic mass is 9.70. The molecule has 0 amide bonds. The molecule has 2 fully saturated rings. The highest BCUT2D eigenvalue weighted by molar-refractivity contribution is 5.98. The molecule has 9 aromatic rings. The predicted molar refractivity (Wildman–Crippen MR) is 278 cm³/mol. The Kier molecular flexibility index (Phi) is 7.57. The zero-order valence-electron chi connectivity index (χ0n) is 41.9. The average molecular weight is 865 g/mol. The van der Waals surface area contributed by atoms with Gasteiger partial charge in [-0.15, -0.1) is 0 Å². The molecule has 322 valence electrons. The van der Waals surface area contributed by atoms with Crippen LogP contribution in [0.1, 0.15) is 89.9 Å². The Labute approximate surface area is 400 Å². The monoisotopic (exact) mass is 864 g/mol. The van der Waals surface area contributed by atoms with Gasteiger partial charge in [-0.05, 0) is 182 Å². The van der Waals surface area contributed by atoms with Crippen molar-refractivity contribution in [2.24, 2.45) is 11.8 Å².